The number of pyridine rings is 1. The Balaban J connectivity index is 0.000000217. The summed E-state index contributed by atoms with van der Waals surface area (Å²) in [7, 11) is 0. The van der Waals surface area contributed by atoms with Crippen molar-refractivity contribution >= 4 is 17.6 Å². The number of ether oxygens (including phenoxy) is 1. The summed E-state index contributed by atoms with van der Waals surface area (Å²) < 4.78 is 37.4. The number of carboxylic acid groups (broad SMARTS) is 1. The SMILES string of the molecule is O=C(O)C(F)(F)F.O=C1Nc2cccnc2OC12CCNC2. The molecule has 3 heterocycles. The molecule has 10 heteroatoms. The van der Waals surface area contributed by atoms with E-state index >= 15 is 0 Å². The van der Waals surface area contributed by atoms with Gasteiger partial charge in [-0.25, -0.2) is 9.78 Å². The molecular weight excluding hydrogens is 307 g/mol. The largest absolute Gasteiger partial charge is 0.490 e. The Kier molecular flexibility index (Phi) is 4.22. The van der Waals surface area contributed by atoms with Gasteiger partial charge in [-0.3, -0.25) is 4.79 Å². The van der Waals surface area contributed by atoms with Crippen LogP contribution in [0.5, 0.6) is 5.88 Å². The zero-order chi connectivity index (χ0) is 16.4. The molecule has 3 N–H and O–H groups in total. The van der Waals surface area contributed by atoms with Gasteiger partial charge in [-0.15, -0.1) is 0 Å². The summed E-state index contributed by atoms with van der Waals surface area (Å²) in [5, 5.41) is 13.1. The molecule has 0 bridgehead atoms. The molecule has 1 saturated heterocycles. The molecule has 2 aliphatic rings. The van der Waals surface area contributed by atoms with Crippen LogP contribution >= 0.6 is 0 Å². The van der Waals surface area contributed by atoms with E-state index in [9.17, 15) is 18.0 Å². The number of anilines is 1. The molecule has 2 aliphatic heterocycles. The van der Waals surface area contributed by atoms with E-state index in [1.165, 1.54) is 0 Å². The Morgan fingerprint density at radius 3 is 2.68 bits per heavy atom. The molecular formula is C12H12F3N3O4. The van der Waals surface area contributed by atoms with Gasteiger partial charge in [0.05, 0.1) is 0 Å². The number of carbonyl (C=O) groups excluding carboxylic acids is 1. The van der Waals surface area contributed by atoms with Crippen LogP contribution in [0.4, 0.5) is 18.9 Å². The number of amides is 1. The minimum absolute atomic E-state index is 0.0759. The monoisotopic (exact) mass is 319 g/mol. The van der Waals surface area contributed by atoms with Gasteiger partial charge in [0.1, 0.15) is 5.69 Å². The smallest absolute Gasteiger partial charge is 0.475 e. The highest BCUT2D eigenvalue weighted by Gasteiger charge is 2.47. The number of carbonyl (C=O) groups is 2. The summed E-state index contributed by atoms with van der Waals surface area (Å²) in [4.78, 5) is 24.9. The number of aromatic nitrogens is 1. The average molecular weight is 319 g/mol. The predicted octanol–water partition coefficient (Wildman–Crippen LogP) is 0.778. The van der Waals surface area contributed by atoms with Crippen LogP contribution in [-0.2, 0) is 9.59 Å². The van der Waals surface area contributed by atoms with E-state index in [1.807, 2.05) is 0 Å². The Morgan fingerprint density at radius 1 is 1.45 bits per heavy atom. The Hall–Kier alpha value is -2.36. The highest BCUT2D eigenvalue weighted by Crippen LogP contribution is 2.33. The van der Waals surface area contributed by atoms with Gasteiger partial charge in [0.2, 0.25) is 11.5 Å². The molecule has 0 radical (unpaired) electrons. The first-order valence-corrected chi connectivity index (χ1v) is 6.21. The van der Waals surface area contributed by atoms with Gasteiger partial charge in [-0.1, -0.05) is 0 Å². The van der Waals surface area contributed by atoms with Crippen molar-refractivity contribution in [3.63, 3.8) is 0 Å². The average Bonchev–Trinajstić information content (AvgIpc) is 2.89. The van der Waals surface area contributed by atoms with Gasteiger partial charge < -0.3 is 20.5 Å². The van der Waals surface area contributed by atoms with Crippen molar-refractivity contribution in [3.8, 4) is 5.88 Å². The topological polar surface area (TPSA) is 101 Å². The molecule has 1 aromatic heterocycles. The van der Waals surface area contributed by atoms with Crippen LogP contribution in [0, 0.1) is 0 Å². The lowest BCUT2D eigenvalue weighted by molar-refractivity contribution is -0.192. The fourth-order valence-electron chi connectivity index (χ4n) is 1.98. The second kappa shape index (κ2) is 5.79. The highest BCUT2D eigenvalue weighted by atomic mass is 19.4. The number of rotatable bonds is 0. The standard InChI is InChI=1S/C10H11N3O2.C2HF3O2/c14-9-10(3-5-11-6-10)15-8-7(13-9)2-1-4-12-8;3-2(4,5)1(6)7/h1-2,4,11H,3,5-6H2,(H,13,14);(H,6,7). The fourth-order valence-corrected chi connectivity index (χ4v) is 1.98. The lowest BCUT2D eigenvalue weighted by atomic mass is 10.0. The van der Waals surface area contributed by atoms with Crippen LogP contribution in [0.3, 0.4) is 0 Å². The summed E-state index contributed by atoms with van der Waals surface area (Å²) in [6.07, 6.45) is -2.73. The van der Waals surface area contributed by atoms with Crippen LogP contribution < -0.4 is 15.4 Å². The highest BCUT2D eigenvalue weighted by molar-refractivity contribution is 6.00. The van der Waals surface area contributed by atoms with E-state index in [4.69, 9.17) is 14.6 Å². The Morgan fingerprint density at radius 2 is 2.14 bits per heavy atom. The van der Waals surface area contributed by atoms with Crippen molar-refractivity contribution in [3.05, 3.63) is 18.3 Å². The maximum atomic E-state index is 11.9. The van der Waals surface area contributed by atoms with Gasteiger partial charge in [0, 0.05) is 19.2 Å². The maximum absolute atomic E-state index is 11.9. The molecule has 0 aliphatic carbocycles. The van der Waals surface area contributed by atoms with Crippen LogP contribution in [0.15, 0.2) is 18.3 Å². The first-order chi connectivity index (χ1) is 10.2. The van der Waals surface area contributed by atoms with Gasteiger partial charge in [-0.05, 0) is 18.7 Å². The molecule has 1 unspecified atom stereocenters. The zero-order valence-corrected chi connectivity index (χ0v) is 11.1. The summed E-state index contributed by atoms with van der Waals surface area (Å²) >= 11 is 0. The number of fused-ring (bicyclic) bond motifs is 1. The molecule has 1 fully saturated rings. The lowest BCUT2D eigenvalue weighted by Gasteiger charge is -2.32. The molecule has 0 saturated carbocycles. The number of nitrogens with one attached hydrogen (secondary N) is 2. The van der Waals surface area contributed by atoms with Crippen molar-refractivity contribution in [1.82, 2.24) is 10.3 Å². The summed E-state index contributed by atoms with van der Waals surface area (Å²) in [6.45, 7) is 1.35. The number of halogens is 3. The molecule has 0 aromatic carbocycles. The third-order valence-corrected chi connectivity index (χ3v) is 3.08. The minimum atomic E-state index is -5.08. The molecule has 7 nitrogen and oxygen atoms in total. The second-order valence-electron chi connectivity index (χ2n) is 4.64. The van der Waals surface area contributed by atoms with Crippen molar-refractivity contribution in [2.45, 2.75) is 18.2 Å². The molecule has 1 aromatic rings. The number of hydrogen-bond donors (Lipinski definition) is 3. The first kappa shape index (κ1) is 16.0. The number of aliphatic carboxylic acids is 1. The Labute approximate surface area is 122 Å². The molecule has 1 spiro atoms. The quantitative estimate of drug-likeness (QED) is 0.653. The number of nitrogens with zero attached hydrogens (tertiary/aromatic N) is 1. The maximum Gasteiger partial charge on any atom is 0.490 e. The number of alkyl halides is 3. The summed E-state index contributed by atoms with van der Waals surface area (Å²) in [6, 6.07) is 3.56. The Bertz CT molecular complexity index is 585. The third kappa shape index (κ3) is 3.27. The third-order valence-electron chi connectivity index (χ3n) is 3.08. The van der Waals surface area contributed by atoms with Gasteiger partial charge in [0.15, 0.2) is 0 Å². The molecule has 1 atom stereocenters. The minimum Gasteiger partial charge on any atom is -0.475 e. The van der Waals surface area contributed by atoms with Crippen molar-refractivity contribution in [2.75, 3.05) is 18.4 Å². The molecule has 3 rings (SSSR count). The van der Waals surface area contributed by atoms with E-state index in [2.05, 4.69) is 15.6 Å². The van der Waals surface area contributed by atoms with Crippen LogP contribution in [0.2, 0.25) is 0 Å². The van der Waals surface area contributed by atoms with Crippen molar-refractivity contribution in [1.29, 1.82) is 0 Å². The molecule has 1 amide bonds. The predicted molar refractivity (Wildman–Crippen MR) is 67.4 cm³/mol. The van der Waals surface area contributed by atoms with Crippen LogP contribution in [-0.4, -0.2) is 46.8 Å². The zero-order valence-electron chi connectivity index (χ0n) is 11.1. The van der Waals surface area contributed by atoms with Crippen LogP contribution in [0.25, 0.3) is 0 Å². The molecule has 120 valence electrons. The van der Waals surface area contributed by atoms with E-state index in [0.717, 1.165) is 6.54 Å². The fraction of sp³-hybridized carbons (Fsp3) is 0.417. The van der Waals surface area contributed by atoms with E-state index < -0.39 is 17.7 Å². The molecule has 22 heavy (non-hydrogen) atoms. The van der Waals surface area contributed by atoms with Crippen molar-refractivity contribution in [2.24, 2.45) is 0 Å². The van der Waals surface area contributed by atoms with Crippen LogP contribution in [0.1, 0.15) is 6.42 Å². The normalized spacial score (nSPS) is 23.0. The van der Waals surface area contributed by atoms with Gasteiger partial charge >= 0.3 is 12.1 Å². The lowest BCUT2D eigenvalue weighted by Crippen LogP contribution is -2.52. The first-order valence-electron chi connectivity index (χ1n) is 6.21. The van der Waals surface area contributed by atoms with E-state index in [-0.39, 0.29) is 5.91 Å². The summed E-state index contributed by atoms with van der Waals surface area (Å²) in [5.74, 6) is -2.32. The van der Waals surface area contributed by atoms with Gasteiger partial charge in [-0.2, -0.15) is 13.2 Å². The number of hydrogen-bond acceptors (Lipinski definition) is 5. The summed E-state index contributed by atoms with van der Waals surface area (Å²) in [5.41, 5.74) is -0.0959. The van der Waals surface area contributed by atoms with Gasteiger partial charge in [0.25, 0.3) is 5.91 Å². The second-order valence-corrected chi connectivity index (χ2v) is 4.64. The van der Waals surface area contributed by atoms with Crippen molar-refractivity contribution < 1.29 is 32.6 Å². The number of carboxylic acids is 1. The van der Waals surface area contributed by atoms with E-state index in [0.29, 0.717) is 24.5 Å². The van der Waals surface area contributed by atoms with E-state index in [1.54, 1.807) is 18.3 Å².